The third-order valence-corrected chi connectivity index (χ3v) is 5.27. The fraction of sp³-hybridized carbons (Fsp3) is 0.136. The van der Waals surface area contributed by atoms with Crippen molar-refractivity contribution in [2.24, 2.45) is 0 Å². The van der Waals surface area contributed by atoms with Crippen LogP contribution >= 0.6 is 11.8 Å². The van der Waals surface area contributed by atoms with Gasteiger partial charge in [-0.25, -0.2) is 0 Å². The lowest BCUT2D eigenvalue weighted by Crippen LogP contribution is -2.32. The summed E-state index contributed by atoms with van der Waals surface area (Å²) in [5.41, 5.74) is 1.50. The third-order valence-electron chi connectivity index (χ3n) is 4.36. The van der Waals surface area contributed by atoms with Crippen molar-refractivity contribution >= 4 is 23.4 Å². The van der Waals surface area contributed by atoms with Crippen LogP contribution in [0.1, 0.15) is 0 Å². The highest BCUT2D eigenvalue weighted by Gasteiger charge is 2.19. The van der Waals surface area contributed by atoms with Crippen molar-refractivity contribution < 1.29 is 9.72 Å². The van der Waals surface area contributed by atoms with Crippen LogP contribution in [0.25, 0.3) is 17.1 Å². The number of hydrogen-bond acceptors (Lipinski definition) is 6. The molecule has 31 heavy (non-hydrogen) atoms. The summed E-state index contributed by atoms with van der Waals surface area (Å²) in [4.78, 5) is 24.8. The lowest BCUT2D eigenvalue weighted by atomic mass is 10.2. The minimum atomic E-state index is -0.448. The molecule has 9 heteroatoms. The summed E-state index contributed by atoms with van der Waals surface area (Å²) in [6.07, 6.45) is 3.34. The Morgan fingerprint density at radius 1 is 1.06 bits per heavy atom. The van der Waals surface area contributed by atoms with Gasteiger partial charge in [-0.05, 0) is 24.3 Å². The zero-order chi connectivity index (χ0) is 22.2. The smallest absolute Gasteiger partial charge is 0.269 e. The Morgan fingerprint density at radius 2 is 1.71 bits per heavy atom. The second-order valence-corrected chi connectivity index (χ2v) is 7.39. The van der Waals surface area contributed by atoms with Crippen molar-refractivity contribution in [1.29, 1.82) is 0 Å². The van der Waals surface area contributed by atoms with Crippen LogP contribution in [0.4, 0.5) is 5.69 Å². The van der Waals surface area contributed by atoms with Gasteiger partial charge in [0.2, 0.25) is 5.91 Å². The first kappa shape index (κ1) is 22.0. The maximum atomic E-state index is 12.6. The zero-order valence-corrected chi connectivity index (χ0v) is 17.6. The van der Waals surface area contributed by atoms with E-state index in [0.717, 1.165) is 5.69 Å². The van der Waals surface area contributed by atoms with Crippen molar-refractivity contribution in [1.82, 2.24) is 19.7 Å². The number of para-hydroxylation sites is 1. The summed E-state index contributed by atoms with van der Waals surface area (Å²) < 4.78 is 1.84. The molecule has 0 saturated carbocycles. The average molecular weight is 436 g/mol. The van der Waals surface area contributed by atoms with Gasteiger partial charge in [0.1, 0.15) is 0 Å². The highest BCUT2D eigenvalue weighted by molar-refractivity contribution is 7.99. The number of amides is 1. The number of nitro benzene ring substituents is 1. The Kier molecular flexibility index (Phi) is 7.34. The fourth-order valence-electron chi connectivity index (χ4n) is 2.90. The van der Waals surface area contributed by atoms with Gasteiger partial charge in [-0.3, -0.25) is 19.5 Å². The van der Waals surface area contributed by atoms with Crippen molar-refractivity contribution in [2.45, 2.75) is 5.16 Å². The van der Waals surface area contributed by atoms with Gasteiger partial charge in [0.05, 0.1) is 10.7 Å². The Hall–Kier alpha value is -3.72. The van der Waals surface area contributed by atoms with E-state index in [4.69, 9.17) is 0 Å². The van der Waals surface area contributed by atoms with Gasteiger partial charge < -0.3 is 4.90 Å². The molecule has 0 radical (unpaired) electrons. The van der Waals surface area contributed by atoms with Gasteiger partial charge in [-0.15, -0.1) is 23.4 Å². The molecule has 0 atom stereocenters. The van der Waals surface area contributed by atoms with Crippen LogP contribution in [0.3, 0.4) is 0 Å². The van der Waals surface area contributed by atoms with E-state index in [2.05, 4.69) is 23.4 Å². The number of hydrogen-bond donors (Lipinski definition) is 0. The molecule has 2 aromatic carbocycles. The molecule has 0 unspecified atom stereocenters. The lowest BCUT2D eigenvalue weighted by Gasteiger charge is -2.19. The Morgan fingerprint density at radius 3 is 2.29 bits per heavy atom. The number of benzene rings is 2. The Balaban J connectivity index is 1.92. The van der Waals surface area contributed by atoms with Crippen LogP contribution in [-0.4, -0.2) is 49.3 Å². The highest BCUT2D eigenvalue weighted by Crippen LogP contribution is 2.29. The summed E-state index contributed by atoms with van der Waals surface area (Å²) in [5.74, 6) is 0.641. The molecule has 0 spiro atoms. The number of carbonyl (C=O) groups is 1. The monoisotopic (exact) mass is 435 g/mol. The van der Waals surface area contributed by atoms with Crippen molar-refractivity contribution in [3.8, 4) is 17.1 Å². The number of thioether (sulfide) groups is 1. The quantitative estimate of drug-likeness (QED) is 0.206. The van der Waals surface area contributed by atoms with Crippen LogP contribution in [0.15, 0.2) is 85.1 Å². The van der Waals surface area contributed by atoms with Crippen molar-refractivity contribution in [2.75, 3.05) is 18.8 Å². The van der Waals surface area contributed by atoms with Gasteiger partial charge in [0.15, 0.2) is 11.0 Å². The highest BCUT2D eigenvalue weighted by atomic mass is 32.2. The Labute approximate surface area is 184 Å². The van der Waals surface area contributed by atoms with E-state index in [9.17, 15) is 14.9 Å². The van der Waals surface area contributed by atoms with Gasteiger partial charge in [0.25, 0.3) is 5.69 Å². The molecule has 1 heterocycles. The van der Waals surface area contributed by atoms with Gasteiger partial charge in [-0.1, -0.05) is 42.1 Å². The van der Waals surface area contributed by atoms with E-state index in [0.29, 0.717) is 29.6 Å². The van der Waals surface area contributed by atoms with Crippen LogP contribution in [-0.2, 0) is 4.79 Å². The number of nitro groups is 1. The predicted octanol–water partition coefficient (Wildman–Crippen LogP) is 4.14. The summed E-state index contributed by atoms with van der Waals surface area (Å²) in [7, 11) is 0. The summed E-state index contributed by atoms with van der Waals surface area (Å²) in [5, 5.41) is 20.1. The molecule has 8 nitrogen and oxygen atoms in total. The molecule has 1 aromatic heterocycles. The van der Waals surface area contributed by atoms with E-state index in [-0.39, 0.29) is 17.3 Å². The SMILES string of the molecule is C=CCN(CC=C)C(=O)CSc1nnc(-c2ccc([N+](=O)[O-])cc2)n1-c1ccccc1. The summed E-state index contributed by atoms with van der Waals surface area (Å²) in [6, 6.07) is 15.6. The zero-order valence-electron chi connectivity index (χ0n) is 16.8. The van der Waals surface area contributed by atoms with E-state index < -0.39 is 4.92 Å². The maximum Gasteiger partial charge on any atom is 0.269 e. The third kappa shape index (κ3) is 5.26. The van der Waals surface area contributed by atoms with Crippen LogP contribution in [0.2, 0.25) is 0 Å². The molecule has 0 saturated heterocycles. The van der Waals surface area contributed by atoms with E-state index in [1.54, 1.807) is 29.2 Å². The minimum absolute atomic E-state index is 0.000694. The van der Waals surface area contributed by atoms with Crippen molar-refractivity contribution in [3.63, 3.8) is 0 Å². The van der Waals surface area contributed by atoms with Gasteiger partial charge in [0, 0.05) is 36.5 Å². The molecule has 1 amide bonds. The first-order valence-electron chi connectivity index (χ1n) is 9.43. The predicted molar refractivity (Wildman–Crippen MR) is 121 cm³/mol. The standard InChI is InChI=1S/C22H21N5O3S/c1-3-14-25(15-4-2)20(28)16-31-22-24-23-21(26(22)18-8-6-5-7-9-18)17-10-12-19(13-11-17)27(29)30/h3-13H,1-2,14-16H2. The molecular formula is C22H21N5O3S. The molecule has 3 rings (SSSR count). The first-order valence-corrected chi connectivity index (χ1v) is 10.4. The van der Waals surface area contributed by atoms with E-state index in [1.165, 1.54) is 23.9 Å². The molecule has 0 N–H and O–H groups in total. The van der Waals surface area contributed by atoms with Crippen LogP contribution in [0.5, 0.6) is 0 Å². The average Bonchev–Trinajstić information content (AvgIpc) is 3.22. The van der Waals surface area contributed by atoms with Crippen molar-refractivity contribution in [3.05, 3.63) is 90.0 Å². The number of non-ortho nitro benzene ring substituents is 1. The van der Waals surface area contributed by atoms with Crippen LogP contribution in [0, 0.1) is 10.1 Å². The summed E-state index contributed by atoms with van der Waals surface area (Å²) in [6.45, 7) is 8.25. The second-order valence-electron chi connectivity index (χ2n) is 6.45. The molecule has 0 aliphatic carbocycles. The van der Waals surface area contributed by atoms with E-state index in [1.807, 2.05) is 34.9 Å². The molecule has 3 aromatic rings. The first-order chi connectivity index (χ1) is 15.0. The molecule has 158 valence electrons. The number of aromatic nitrogens is 3. The second kappa shape index (κ2) is 10.4. The molecule has 0 bridgehead atoms. The van der Waals surface area contributed by atoms with Gasteiger partial charge in [-0.2, -0.15) is 0 Å². The normalized spacial score (nSPS) is 10.5. The number of nitrogens with zero attached hydrogens (tertiary/aromatic N) is 5. The lowest BCUT2D eigenvalue weighted by molar-refractivity contribution is -0.384. The molecular weight excluding hydrogens is 414 g/mol. The topological polar surface area (TPSA) is 94.2 Å². The number of carbonyl (C=O) groups excluding carboxylic acids is 1. The fourth-order valence-corrected chi connectivity index (χ4v) is 3.75. The summed E-state index contributed by atoms with van der Waals surface area (Å²) >= 11 is 1.27. The largest absolute Gasteiger partial charge is 0.335 e. The maximum absolute atomic E-state index is 12.6. The number of rotatable bonds is 10. The van der Waals surface area contributed by atoms with E-state index >= 15 is 0 Å². The molecule has 0 fully saturated rings. The minimum Gasteiger partial charge on any atom is -0.335 e. The Bertz CT molecular complexity index is 1070. The molecule has 0 aliphatic heterocycles. The van der Waals surface area contributed by atoms with Crippen LogP contribution < -0.4 is 0 Å². The molecule has 0 aliphatic rings. The van der Waals surface area contributed by atoms with Gasteiger partial charge >= 0.3 is 0 Å².